The van der Waals surface area contributed by atoms with Crippen LogP contribution in [0.25, 0.3) is 11.0 Å². The number of fused-ring (bicyclic) bond motifs is 1. The van der Waals surface area contributed by atoms with Gasteiger partial charge in [-0.15, -0.1) is 0 Å². The quantitative estimate of drug-likeness (QED) is 0.501. The lowest BCUT2D eigenvalue weighted by Gasteiger charge is -1.92. The zero-order chi connectivity index (χ0) is 13.1. The van der Waals surface area contributed by atoms with E-state index in [2.05, 4.69) is 20.6 Å². The molecule has 0 aliphatic heterocycles. The SMILES string of the molecule is O=Cc1ccc(C#Cc2cccc3nsnc23)cc1. The van der Waals surface area contributed by atoms with E-state index in [1.54, 1.807) is 12.1 Å². The molecule has 2 aromatic carbocycles. The first-order valence-electron chi connectivity index (χ1n) is 5.65. The van der Waals surface area contributed by atoms with E-state index in [0.717, 1.165) is 28.4 Å². The Kier molecular flexibility index (Phi) is 3.05. The van der Waals surface area contributed by atoms with Crippen molar-refractivity contribution in [1.82, 2.24) is 8.75 Å². The van der Waals surface area contributed by atoms with Crippen LogP contribution in [0, 0.1) is 11.8 Å². The molecule has 0 aliphatic carbocycles. The van der Waals surface area contributed by atoms with Gasteiger partial charge in [-0.3, -0.25) is 4.79 Å². The van der Waals surface area contributed by atoms with Gasteiger partial charge in [0.25, 0.3) is 0 Å². The highest BCUT2D eigenvalue weighted by molar-refractivity contribution is 7.00. The molecule has 1 heterocycles. The lowest BCUT2D eigenvalue weighted by Crippen LogP contribution is -1.81. The summed E-state index contributed by atoms with van der Waals surface area (Å²) in [7, 11) is 0. The molecule has 3 rings (SSSR count). The minimum Gasteiger partial charge on any atom is -0.298 e. The van der Waals surface area contributed by atoms with Crippen molar-refractivity contribution in [3.8, 4) is 11.8 Å². The Morgan fingerprint density at radius 3 is 2.63 bits per heavy atom. The van der Waals surface area contributed by atoms with Crippen molar-refractivity contribution in [3.63, 3.8) is 0 Å². The van der Waals surface area contributed by atoms with Crippen molar-refractivity contribution < 1.29 is 4.79 Å². The molecule has 0 bridgehead atoms. The van der Waals surface area contributed by atoms with Crippen molar-refractivity contribution in [1.29, 1.82) is 0 Å². The smallest absolute Gasteiger partial charge is 0.150 e. The Morgan fingerprint density at radius 1 is 1.00 bits per heavy atom. The van der Waals surface area contributed by atoms with E-state index in [9.17, 15) is 4.79 Å². The second kappa shape index (κ2) is 5.01. The molecular formula is C15H8N2OS. The van der Waals surface area contributed by atoms with Crippen LogP contribution < -0.4 is 0 Å². The number of benzene rings is 2. The standard InChI is InChI=1S/C15H8N2OS/c18-10-12-6-4-11(5-7-12)8-9-13-2-1-3-14-15(13)17-19-16-14/h1-7,10H. The average molecular weight is 264 g/mol. The number of aromatic nitrogens is 2. The molecule has 0 amide bonds. The second-order valence-corrected chi connectivity index (χ2v) is 4.46. The first-order valence-corrected chi connectivity index (χ1v) is 6.38. The first-order chi connectivity index (χ1) is 9.36. The van der Waals surface area contributed by atoms with Gasteiger partial charge in [-0.1, -0.05) is 30.0 Å². The molecular weight excluding hydrogens is 256 g/mol. The van der Waals surface area contributed by atoms with Crippen LogP contribution in [0.1, 0.15) is 21.5 Å². The normalized spacial score (nSPS) is 9.89. The number of rotatable bonds is 1. The summed E-state index contributed by atoms with van der Waals surface area (Å²) in [4.78, 5) is 10.6. The summed E-state index contributed by atoms with van der Waals surface area (Å²) >= 11 is 1.19. The van der Waals surface area contributed by atoms with Crippen LogP contribution >= 0.6 is 11.7 Å². The molecule has 0 unspecified atom stereocenters. The van der Waals surface area contributed by atoms with Crippen molar-refractivity contribution in [2.45, 2.75) is 0 Å². The van der Waals surface area contributed by atoms with Gasteiger partial charge in [0.1, 0.15) is 17.3 Å². The fraction of sp³-hybridized carbons (Fsp3) is 0. The summed E-state index contributed by atoms with van der Waals surface area (Å²) in [5.74, 6) is 6.16. The van der Waals surface area contributed by atoms with Gasteiger partial charge >= 0.3 is 0 Å². The molecule has 0 saturated carbocycles. The fourth-order valence-electron chi connectivity index (χ4n) is 1.69. The third-order valence-electron chi connectivity index (χ3n) is 2.67. The van der Waals surface area contributed by atoms with Crippen molar-refractivity contribution >= 4 is 29.0 Å². The lowest BCUT2D eigenvalue weighted by atomic mass is 10.1. The number of carbonyl (C=O) groups excluding carboxylic acids is 1. The maximum Gasteiger partial charge on any atom is 0.150 e. The highest BCUT2D eigenvalue weighted by atomic mass is 32.1. The summed E-state index contributed by atoms with van der Waals surface area (Å²) in [5, 5.41) is 0. The van der Waals surface area contributed by atoms with Gasteiger partial charge in [0, 0.05) is 11.1 Å². The highest BCUT2D eigenvalue weighted by Crippen LogP contribution is 2.15. The van der Waals surface area contributed by atoms with Gasteiger partial charge in [-0.2, -0.15) is 8.75 Å². The van der Waals surface area contributed by atoms with E-state index in [1.165, 1.54) is 11.7 Å². The van der Waals surface area contributed by atoms with Crippen LogP contribution in [0.5, 0.6) is 0 Å². The minimum atomic E-state index is 0.649. The van der Waals surface area contributed by atoms with Gasteiger partial charge in [0.15, 0.2) is 0 Å². The van der Waals surface area contributed by atoms with E-state index in [-0.39, 0.29) is 0 Å². The number of carbonyl (C=O) groups is 1. The molecule has 3 aromatic rings. The van der Waals surface area contributed by atoms with Crippen LogP contribution in [0.2, 0.25) is 0 Å². The Balaban J connectivity index is 1.98. The maximum absolute atomic E-state index is 10.6. The predicted molar refractivity (Wildman–Crippen MR) is 75.2 cm³/mol. The summed E-state index contributed by atoms with van der Waals surface area (Å²) < 4.78 is 8.42. The maximum atomic E-state index is 10.6. The molecule has 0 spiro atoms. The number of hydrogen-bond acceptors (Lipinski definition) is 4. The van der Waals surface area contributed by atoms with Gasteiger partial charge in [-0.25, -0.2) is 0 Å². The summed E-state index contributed by atoms with van der Waals surface area (Å²) in [6.07, 6.45) is 0.818. The second-order valence-electron chi connectivity index (χ2n) is 3.93. The van der Waals surface area contributed by atoms with Gasteiger partial charge < -0.3 is 0 Å². The van der Waals surface area contributed by atoms with E-state index < -0.39 is 0 Å². The van der Waals surface area contributed by atoms with E-state index in [0.29, 0.717) is 5.56 Å². The summed E-state index contributed by atoms with van der Waals surface area (Å²) in [6.45, 7) is 0. The number of aldehydes is 1. The third-order valence-corrected chi connectivity index (χ3v) is 3.22. The topological polar surface area (TPSA) is 42.9 Å². The molecule has 1 aromatic heterocycles. The zero-order valence-corrected chi connectivity index (χ0v) is 10.6. The molecule has 3 nitrogen and oxygen atoms in total. The molecule has 90 valence electrons. The van der Waals surface area contributed by atoms with Crippen LogP contribution in [0.4, 0.5) is 0 Å². The average Bonchev–Trinajstić information content (AvgIpc) is 2.94. The van der Waals surface area contributed by atoms with Gasteiger partial charge in [0.05, 0.1) is 17.3 Å². The molecule has 0 N–H and O–H groups in total. The van der Waals surface area contributed by atoms with Gasteiger partial charge in [-0.05, 0) is 24.3 Å². The molecule has 4 heteroatoms. The molecule has 0 fully saturated rings. The predicted octanol–water partition coefficient (Wildman–Crippen LogP) is 2.90. The molecule has 0 radical (unpaired) electrons. The molecule has 0 aliphatic rings. The van der Waals surface area contributed by atoms with Crippen LogP contribution in [-0.4, -0.2) is 15.0 Å². The van der Waals surface area contributed by atoms with E-state index in [4.69, 9.17) is 0 Å². The Morgan fingerprint density at radius 2 is 1.84 bits per heavy atom. The first kappa shape index (κ1) is 11.6. The van der Waals surface area contributed by atoms with Crippen LogP contribution in [0.3, 0.4) is 0 Å². The van der Waals surface area contributed by atoms with Crippen molar-refractivity contribution in [3.05, 3.63) is 59.2 Å². The lowest BCUT2D eigenvalue weighted by molar-refractivity contribution is 0.112. The van der Waals surface area contributed by atoms with Crippen molar-refractivity contribution in [2.75, 3.05) is 0 Å². The molecule has 0 atom stereocenters. The number of nitrogens with zero attached hydrogens (tertiary/aromatic N) is 2. The zero-order valence-electron chi connectivity index (χ0n) is 9.83. The van der Waals surface area contributed by atoms with Gasteiger partial charge in [0.2, 0.25) is 0 Å². The Bertz CT molecular complexity index is 794. The van der Waals surface area contributed by atoms with E-state index >= 15 is 0 Å². The molecule has 19 heavy (non-hydrogen) atoms. The molecule has 0 saturated heterocycles. The highest BCUT2D eigenvalue weighted by Gasteiger charge is 2.01. The van der Waals surface area contributed by atoms with Crippen LogP contribution in [0.15, 0.2) is 42.5 Å². The van der Waals surface area contributed by atoms with Crippen molar-refractivity contribution in [2.24, 2.45) is 0 Å². The summed E-state index contributed by atoms with van der Waals surface area (Å²) in [5.41, 5.74) is 4.09. The third kappa shape index (κ3) is 2.37. The van der Waals surface area contributed by atoms with E-state index in [1.807, 2.05) is 30.3 Å². The summed E-state index contributed by atoms with van der Waals surface area (Å²) in [6, 6.07) is 12.9. The van der Waals surface area contributed by atoms with Crippen LogP contribution in [-0.2, 0) is 0 Å². The Labute approximate surface area is 114 Å². The minimum absolute atomic E-state index is 0.649. The fourth-order valence-corrected chi connectivity index (χ4v) is 2.24. The monoisotopic (exact) mass is 264 g/mol. The Hall–Kier alpha value is -2.51. The number of hydrogen-bond donors (Lipinski definition) is 0. The largest absolute Gasteiger partial charge is 0.298 e.